The summed E-state index contributed by atoms with van der Waals surface area (Å²) in [6, 6.07) is 0. The first-order valence-electron chi connectivity index (χ1n) is 5.11. The Morgan fingerprint density at radius 3 is 2.80 bits per heavy atom. The summed E-state index contributed by atoms with van der Waals surface area (Å²) in [5, 5.41) is 0. The highest BCUT2D eigenvalue weighted by Gasteiger charge is 2.32. The molecule has 0 saturated carbocycles. The summed E-state index contributed by atoms with van der Waals surface area (Å²) in [6.07, 6.45) is 1.09. The molecule has 0 aromatic carbocycles. The first-order chi connectivity index (χ1) is 6.96. The molecule has 0 aromatic rings. The van der Waals surface area contributed by atoms with Crippen LogP contribution in [0.25, 0.3) is 0 Å². The Labute approximate surface area is 96.2 Å². The minimum Gasteiger partial charge on any atom is -0.375 e. The molecule has 1 fully saturated rings. The van der Waals surface area contributed by atoms with Crippen molar-refractivity contribution in [1.82, 2.24) is 0 Å². The number of ether oxygens (including phenoxy) is 1. The molecule has 4 nitrogen and oxygen atoms in total. The number of rotatable bonds is 5. The van der Waals surface area contributed by atoms with Gasteiger partial charge in [0.2, 0.25) is 0 Å². The van der Waals surface area contributed by atoms with E-state index in [2.05, 4.69) is 13.8 Å². The topological polar surface area (TPSA) is 47.9 Å². The zero-order valence-corrected chi connectivity index (χ0v) is 11.1. The van der Waals surface area contributed by atoms with E-state index in [1.54, 1.807) is 0 Å². The summed E-state index contributed by atoms with van der Waals surface area (Å²) in [5.41, 5.74) is 0. The molecule has 15 heavy (non-hydrogen) atoms. The predicted octanol–water partition coefficient (Wildman–Crippen LogP) is 1.93. The zero-order chi connectivity index (χ0) is 11.5. The Kier molecular flexibility index (Phi) is 5.16. The molecule has 1 rings (SSSR count). The van der Waals surface area contributed by atoms with E-state index in [1.807, 2.05) is 0 Å². The zero-order valence-electron chi connectivity index (χ0n) is 9.38. The summed E-state index contributed by atoms with van der Waals surface area (Å²) in [5.74, 6) is 1.04. The predicted molar refractivity (Wildman–Crippen MR) is 62.1 cm³/mol. The Morgan fingerprint density at radius 2 is 2.27 bits per heavy atom. The average Bonchev–Trinajstić information content (AvgIpc) is 2.63. The van der Waals surface area contributed by atoms with Gasteiger partial charge in [-0.1, -0.05) is 13.8 Å². The quantitative estimate of drug-likeness (QED) is 0.760. The normalized spacial score (nSPS) is 30.7. The van der Waals surface area contributed by atoms with Crippen LogP contribution in [-0.4, -0.2) is 31.3 Å². The second-order valence-electron chi connectivity index (χ2n) is 4.05. The van der Waals surface area contributed by atoms with E-state index in [1.165, 1.54) is 7.11 Å². The van der Waals surface area contributed by atoms with Gasteiger partial charge in [-0.05, 0) is 30.1 Å². The molecule has 0 amide bonds. The second-order valence-corrected chi connectivity index (χ2v) is 7.00. The first-order valence-corrected chi connectivity index (χ1v) is 7.70. The maximum atomic E-state index is 9.43. The third-order valence-electron chi connectivity index (χ3n) is 2.75. The van der Waals surface area contributed by atoms with Crippen LogP contribution >= 0.6 is 6.72 Å². The van der Waals surface area contributed by atoms with Gasteiger partial charge >= 0.3 is 6.72 Å². The van der Waals surface area contributed by atoms with Gasteiger partial charge < -0.3 is 18.7 Å². The Morgan fingerprint density at radius 1 is 1.60 bits per heavy atom. The lowest BCUT2D eigenvalue weighted by molar-refractivity contribution is 0.0332. The van der Waals surface area contributed by atoms with Gasteiger partial charge in [0.15, 0.2) is 0 Å². The van der Waals surface area contributed by atoms with Crippen LogP contribution in [0.4, 0.5) is 0 Å². The van der Waals surface area contributed by atoms with Crippen molar-refractivity contribution in [3.8, 4) is 0 Å². The van der Waals surface area contributed by atoms with Crippen LogP contribution in [0.2, 0.25) is 0 Å². The summed E-state index contributed by atoms with van der Waals surface area (Å²) in [6.45, 7) is 2.39. The van der Waals surface area contributed by atoms with Crippen molar-refractivity contribution >= 4 is 18.5 Å². The van der Waals surface area contributed by atoms with Crippen molar-refractivity contribution in [3.05, 3.63) is 0 Å². The van der Waals surface area contributed by atoms with Crippen molar-refractivity contribution in [1.29, 1.82) is 0 Å². The van der Waals surface area contributed by atoms with Crippen LogP contribution in [0.5, 0.6) is 0 Å². The standard InChI is InChI=1S/C9H19O4PS/c1-7(2)8-4-5-12-9(8)6-13-14(10,15)11-3/h7-9H,4-6H2,1-3H3,(H,10,15). The third kappa shape index (κ3) is 4.10. The molecule has 6 heteroatoms. The highest BCUT2D eigenvalue weighted by molar-refractivity contribution is 8.07. The minimum atomic E-state index is -3.03. The van der Waals surface area contributed by atoms with Gasteiger partial charge in [-0.25, -0.2) is 0 Å². The van der Waals surface area contributed by atoms with Crippen molar-refractivity contribution in [2.75, 3.05) is 20.3 Å². The maximum absolute atomic E-state index is 9.43. The molecule has 0 spiro atoms. The van der Waals surface area contributed by atoms with Crippen LogP contribution in [0.15, 0.2) is 0 Å². The van der Waals surface area contributed by atoms with Crippen molar-refractivity contribution in [2.24, 2.45) is 11.8 Å². The SMILES string of the molecule is COP(O)(=S)OCC1OCCC1C(C)C. The number of hydrogen-bond donors (Lipinski definition) is 1. The number of hydrogen-bond acceptors (Lipinski definition) is 4. The van der Waals surface area contributed by atoms with Crippen molar-refractivity contribution < 1.29 is 18.7 Å². The van der Waals surface area contributed by atoms with E-state index >= 15 is 0 Å². The highest BCUT2D eigenvalue weighted by atomic mass is 32.5. The average molecular weight is 254 g/mol. The molecular formula is C9H19O4PS. The summed E-state index contributed by atoms with van der Waals surface area (Å²) >= 11 is 4.75. The molecule has 0 bridgehead atoms. The summed E-state index contributed by atoms with van der Waals surface area (Å²) in [4.78, 5) is 9.43. The van der Waals surface area contributed by atoms with Gasteiger partial charge in [-0.2, -0.15) is 0 Å². The fraction of sp³-hybridized carbons (Fsp3) is 1.00. The van der Waals surface area contributed by atoms with Crippen LogP contribution in [0, 0.1) is 11.8 Å². The fourth-order valence-electron chi connectivity index (χ4n) is 1.82. The van der Waals surface area contributed by atoms with E-state index in [0.717, 1.165) is 13.0 Å². The Hall–Kier alpha value is 0.490. The smallest absolute Gasteiger partial charge is 0.324 e. The fourth-order valence-corrected chi connectivity index (χ4v) is 2.44. The lowest BCUT2D eigenvalue weighted by atomic mass is 9.90. The molecule has 3 unspecified atom stereocenters. The van der Waals surface area contributed by atoms with Crippen molar-refractivity contribution in [3.63, 3.8) is 0 Å². The molecule has 1 saturated heterocycles. The molecule has 1 heterocycles. The third-order valence-corrected chi connectivity index (χ3v) is 4.45. The molecule has 90 valence electrons. The molecule has 3 atom stereocenters. The van der Waals surface area contributed by atoms with E-state index in [4.69, 9.17) is 25.6 Å². The van der Waals surface area contributed by atoms with Gasteiger partial charge in [-0.15, -0.1) is 0 Å². The second kappa shape index (κ2) is 5.71. The van der Waals surface area contributed by atoms with E-state index < -0.39 is 6.72 Å². The van der Waals surface area contributed by atoms with E-state index in [9.17, 15) is 4.89 Å². The molecule has 1 aliphatic rings. The molecule has 0 radical (unpaired) electrons. The van der Waals surface area contributed by atoms with E-state index in [-0.39, 0.29) is 6.10 Å². The van der Waals surface area contributed by atoms with Gasteiger partial charge in [0, 0.05) is 13.7 Å². The van der Waals surface area contributed by atoms with Crippen LogP contribution < -0.4 is 0 Å². The largest absolute Gasteiger partial charge is 0.375 e. The van der Waals surface area contributed by atoms with Gasteiger partial charge in [0.25, 0.3) is 0 Å². The van der Waals surface area contributed by atoms with Crippen molar-refractivity contribution in [2.45, 2.75) is 26.4 Å². The summed E-state index contributed by atoms with van der Waals surface area (Å²) in [7, 11) is 1.36. The highest BCUT2D eigenvalue weighted by Crippen LogP contribution is 2.43. The molecule has 1 aliphatic heterocycles. The maximum Gasteiger partial charge on any atom is 0.324 e. The minimum absolute atomic E-state index is 0.0367. The Balaban J connectivity index is 2.41. The Bertz CT molecular complexity index is 246. The lowest BCUT2D eigenvalue weighted by Gasteiger charge is -2.23. The van der Waals surface area contributed by atoms with Gasteiger partial charge in [-0.3, -0.25) is 0 Å². The monoisotopic (exact) mass is 254 g/mol. The first kappa shape index (κ1) is 13.6. The van der Waals surface area contributed by atoms with Gasteiger partial charge in [0.05, 0.1) is 12.7 Å². The van der Waals surface area contributed by atoms with Crippen LogP contribution in [0.1, 0.15) is 20.3 Å². The molecule has 0 aliphatic carbocycles. The molecule has 1 N–H and O–H groups in total. The van der Waals surface area contributed by atoms with Crippen LogP contribution in [0.3, 0.4) is 0 Å². The summed E-state index contributed by atoms with van der Waals surface area (Å²) < 4.78 is 15.4. The lowest BCUT2D eigenvalue weighted by Crippen LogP contribution is -2.25. The van der Waals surface area contributed by atoms with Crippen LogP contribution in [-0.2, 0) is 25.6 Å². The van der Waals surface area contributed by atoms with E-state index in [0.29, 0.717) is 18.4 Å². The van der Waals surface area contributed by atoms with Gasteiger partial charge in [0.1, 0.15) is 0 Å². The molecule has 0 aromatic heterocycles. The molecular weight excluding hydrogens is 235 g/mol.